The zero-order valence-electron chi connectivity index (χ0n) is 13.0. The quantitative estimate of drug-likeness (QED) is 0.582. The highest BCUT2D eigenvalue weighted by Gasteiger charge is 2.13. The molecule has 0 atom stereocenters. The zero-order chi connectivity index (χ0) is 16.5. The monoisotopic (exact) mass is 316 g/mol. The molecule has 0 radical (unpaired) electrons. The van der Waals surface area contributed by atoms with Gasteiger partial charge in [-0.05, 0) is 12.5 Å². The van der Waals surface area contributed by atoms with E-state index in [1.54, 1.807) is 25.7 Å². The van der Waals surface area contributed by atoms with Crippen LogP contribution in [-0.2, 0) is 22.7 Å². The summed E-state index contributed by atoms with van der Waals surface area (Å²) in [4.78, 5) is 27.4. The summed E-state index contributed by atoms with van der Waals surface area (Å²) in [5, 5.41) is 5.18. The van der Waals surface area contributed by atoms with Gasteiger partial charge in [-0.25, -0.2) is 4.98 Å². The van der Waals surface area contributed by atoms with Crippen LogP contribution in [0, 0.1) is 0 Å². The molecule has 1 aromatic heterocycles. The third kappa shape index (κ3) is 5.14. The topological polar surface area (TPSA) is 85.2 Å². The van der Waals surface area contributed by atoms with E-state index in [1.807, 2.05) is 29.0 Å². The number of carbonyl (C=O) groups is 2. The molecule has 122 valence electrons. The van der Waals surface area contributed by atoms with E-state index < -0.39 is 11.8 Å². The van der Waals surface area contributed by atoms with E-state index in [4.69, 9.17) is 4.74 Å². The van der Waals surface area contributed by atoms with Crippen LogP contribution in [0.1, 0.15) is 12.0 Å². The average molecular weight is 316 g/mol. The second-order valence-electron chi connectivity index (χ2n) is 4.90. The molecule has 0 fully saturated rings. The van der Waals surface area contributed by atoms with Crippen LogP contribution in [0.25, 0.3) is 0 Å². The van der Waals surface area contributed by atoms with Crippen LogP contribution < -0.4 is 15.4 Å². The number of nitrogens with one attached hydrogen (secondary N) is 2. The van der Waals surface area contributed by atoms with Crippen molar-refractivity contribution in [3.05, 3.63) is 48.5 Å². The molecule has 0 aliphatic carbocycles. The van der Waals surface area contributed by atoms with Crippen molar-refractivity contribution in [2.75, 3.05) is 13.7 Å². The smallest absolute Gasteiger partial charge is 0.309 e. The van der Waals surface area contributed by atoms with Crippen molar-refractivity contribution in [3.8, 4) is 5.75 Å². The maximum absolute atomic E-state index is 11.8. The minimum Gasteiger partial charge on any atom is -0.496 e. The van der Waals surface area contributed by atoms with E-state index in [0.29, 0.717) is 12.3 Å². The van der Waals surface area contributed by atoms with Crippen molar-refractivity contribution in [1.29, 1.82) is 0 Å². The molecule has 0 spiro atoms. The highest BCUT2D eigenvalue weighted by Crippen LogP contribution is 2.16. The van der Waals surface area contributed by atoms with E-state index in [9.17, 15) is 9.59 Å². The maximum Gasteiger partial charge on any atom is 0.309 e. The highest BCUT2D eigenvalue weighted by molar-refractivity contribution is 6.35. The van der Waals surface area contributed by atoms with Gasteiger partial charge in [0.15, 0.2) is 0 Å². The molecule has 2 N–H and O–H groups in total. The third-order valence-electron chi connectivity index (χ3n) is 3.28. The number of nitrogens with zero attached hydrogens (tertiary/aromatic N) is 2. The zero-order valence-corrected chi connectivity index (χ0v) is 13.0. The number of aryl methyl sites for hydroxylation is 1. The summed E-state index contributed by atoms with van der Waals surface area (Å²) in [6.45, 7) is 1.41. The Morgan fingerprint density at radius 3 is 2.74 bits per heavy atom. The van der Waals surface area contributed by atoms with Gasteiger partial charge in [0.05, 0.1) is 13.4 Å². The summed E-state index contributed by atoms with van der Waals surface area (Å²) >= 11 is 0. The fraction of sp³-hybridized carbons (Fsp3) is 0.312. The maximum atomic E-state index is 11.8. The Morgan fingerprint density at radius 2 is 2.00 bits per heavy atom. The van der Waals surface area contributed by atoms with Crippen LogP contribution in [0.4, 0.5) is 0 Å². The molecule has 0 saturated heterocycles. The number of para-hydroxylation sites is 1. The SMILES string of the molecule is COc1ccccc1CNC(=O)C(=O)NCCCn1ccnc1. The third-order valence-corrected chi connectivity index (χ3v) is 3.28. The fourth-order valence-electron chi connectivity index (χ4n) is 2.07. The molecular weight excluding hydrogens is 296 g/mol. The highest BCUT2D eigenvalue weighted by atomic mass is 16.5. The van der Waals surface area contributed by atoms with Crippen molar-refractivity contribution < 1.29 is 14.3 Å². The van der Waals surface area contributed by atoms with Crippen LogP contribution in [0.5, 0.6) is 5.75 Å². The Bertz CT molecular complexity index is 641. The summed E-state index contributed by atoms with van der Waals surface area (Å²) in [6.07, 6.45) is 5.98. The summed E-state index contributed by atoms with van der Waals surface area (Å²) < 4.78 is 7.10. The number of methoxy groups -OCH3 is 1. The van der Waals surface area contributed by atoms with Crippen LogP contribution in [0.15, 0.2) is 43.0 Å². The lowest BCUT2D eigenvalue weighted by Crippen LogP contribution is -2.40. The van der Waals surface area contributed by atoms with Crippen molar-refractivity contribution in [2.24, 2.45) is 0 Å². The first kappa shape index (κ1) is 16.5. The summed E-state index contributed by atoms with van der Waals surface area (Å²) in [6, 6.07) is 7.33. The first-order valence-electron chi connectivity index (χ1n) is 7.34. The Kier molecular flexibility index (Phi) is 6.17. The predicted octanol–water partition coefficient (Wildman–Crippen LogP) is 0.714. The van der Waals surface area contributed by atoms with Crippen LogP contribution in [-0.4, -0.2) is 35.0 Å². The van der Waals surface area contributed by atoms with Crippen LogP contribution >= 0.6 is 0 Å². The number of hydrogen-bond donors (Lipinski definition) is 2. The first-order chi connectivity index (χ1) is 11.2. The van der Waals surface area contributed by atoms with E-state index in [2.05, 4.69) is 15.6 Å². The summed E-state index contributed by atoms with van der Waals surface area (Å²) in [5.41, 5.74) is 0.816. The Morgan fingerprint density at radius 1 is 1.22 bits per heavy atom. The van der Waals surface area contributed by atoms with Gasteiger partial charge >= 0.3 is 11.8 Å². The van der Waals surface area contributed by atoms with Gasteiger partial charge in [-0.3, -0.25) is 9.59 Å². The minimum absolute atomic E-state index is 0.241. The Labute approximate surface area is 134 Å². The van der Waals surface area contributed by atoms with E-state index in [1.165, 1.54) is 0 Å². The summed E-state index contributed by atoms with van der Waals surface area (Å²) in [5.74, 6) is -0.613. The Hall–Kier alpha value is -2.83. The van der Waals surface area contributed by atoms with Gasteiger partial charge in [0.1, 0.15) is 5.75 Å². The fourth-order valence-corrected chi connectivity index (χ4v) is 2.07. The van der Waals surface area contributed by atoms with E-state index in [-0.39, 0.29) is 6.54 Å². The number of amides is 2. The molecular formula is C16H20N4O3. The second kappa shape index (κ2) is 8.57. The van der Waals surface area contributed by atoms with E-state index in [0.717, 1.165) is 18.5 Å². The van der Waals surface area contributed by atoms with Crippen molar-refractivity contribution >= 4 is 11.8 Å². The average Bonchev–Trinajstić information content (AvgIpc) is 3.10. The van der Waals surface area contributed by atoms with Crippen LogP contribution in [0.3, 0.4) is 0 Å². The number of aromatic nitrogens is 2. The largest absolute Gasteiger partial charge is 0.496 e. The minimum atomic E-state index is -0.654. The van der Waals surface area contributed by atoms with Crippen LogP contribution in [0.2, 0.25) is 0 Å². The molecule has 0 saturated carbocycles. The molecule has 2 rings (SSSR count). The van der Waals surface area contributed by atoms with Gasteiger partial charge < -0.3 is 19.9 Å². The van der Waals surface area contributed by atoms with Crippen molar-refractivity contribution in [3.63, 3.8) is 0 Å². The molecule has 1 aromatic carbocycles. The van der Waals surface area contributed by atoms with Gasteiger partial charge in [-0.2, -0.15) is 0 Å². The number of hydrogen-bond acceptors (Lipinski definition) is 4. The lowest BCUT2D eigenvalue weighted by Gasteiger charge is -2.09. The molecule has 7 heteroatoms. The summed E-state index contributed by atoms with van der Waals surface area (Å²) in [7, 11) is 1.56. The molecule has 0 unspecified atom stereocenters. The van der Waals surface area contributed by atoms with Gasteiger partial charge in [-0.15, -0.1) is 0 Å². The molecule has 0 aliphatic heterocycles. The molecule has 7 nitrogen and oxygen atoms in total. The molecule has 1 heterocycles. The second-order valence-corrected chi connectivity index (χ2v) is 4.90. The van der Waals surface area contributed by atoms with Gasteiger partial charge in [-0.1, -0.05) is 18.2 Å². The van der Waals surface area contributed by atoms with Gasteiger partial charge in [0.2, 0.25) is 0 Å². The normalized spacial score (nSPS) is 10.1. The van der Waals surface area contributed by atoms with Crippen molar-refractivity contribution in [2.45, 2.75) is 19.5 Å². The molecule has 0 bridgehead atoms. The van der Waals surface area contributed by atoms with Gasteiger partial charge in [0.25, 0.3) is 0 Å². The molecule has 23 heavy (non-hydrogen) atoms. The number of carbonyl (C=O) groups excluding carboxylic acids is 2. The lowest BCUT2D eigenvalue weighted by molar-refractivity contribution is -0.139. The number of ether oxygens (including phenoxy) is 1. The molecule has 2 amide bonds. The lowest BCUT2D eigenvalue weighted by atomic mass is 10.2. The number of benzene rings is 1. The first-order valence-corrected chi connectivity index (χ1v) is 7.34. The van der Waals surface area contributed by atoms with Crippen molar-refractivity contribution in [1.82, 2.24) is 20.2 Å². The molecule has 2 aromatic rings. The number of rotatable bonds is 7. The predicted molar refractivity (Wildman–Crippen MR) is 84.7 cm³/mol. The standard InChI is InChI=1S/C16H20N4O3/c1-23-14-6-3-2-5-13(14)11-19-16(22)15(21)18-7-4-9-20-10-8-17-12-20/h2-3,5-6,8,10,12H,4,7,9,11H2,1H3,(H,18,21)(H,19,22). The van der Waals surface area contributed by atoms with Gasteiger partial charge in [0, 0.05) is 37.6 Å². The van der Waals surface area contributed by atoms with E-state index >= 15 is 0 Å². The molecule has 0 aliphatic rings. The Balaban J connectivity index is 1.69. The number of imidazole rings is 1.